The summed E-state index contributed by atoms with van der Waals surface area (Å²) in [4.78, 5) is 5.75. The van der Waals surface area contributed by atoms with Crippen LogP contribution in [0.4, 0.5) is 5.82 Å². The molecule has 0 amide bonds. The van der Waals surface area contributed by atoms with E-state index in [1.54, 1.807) is 0 Å². The van der Waals surface area contributed by atoms with Gasteiger partial charge in [0, 0.05) is 19.3 Å². The van der Waals surface area contributed by atoms with Crippen molar-refractivity contribution >= 4 is 15.8 Å². The molecule has 0 atom stereocenters. The second-order valence-electron chi connectivity index (χ2n) is 3.62. The van der Waals surface area contributed by atoms with Crippen LogP contribution in [0.1, 0.15) is 0 Å². The molecule has 1 aromatic heterocycles. The van der Waals surface area contributed by atoms with Crippen molar-refractivity contribution in [2.75, 3.05) is 32.9 Å². The van der Waals surface area contributed by atoms with E-state index in [9.17, 15) is 8.42 Å². The minimum Gasteiger partial charge on any atom is -0.384 e. The van der Waals surface area contributed by atoms with Crippen LogP contribution >= 0.6 is 0 Å². The summed E-state index contributed by atoms with van der Waals surface area (Å²) in [5, 5.41) is 0. The molecule has 0 fully saturated rings. The van der Waals surface area contributed by atoms with Gasteiger partial charge in [0.05, 0.1) is 0 Å². The van der Waals surface area contributed by atoms with Gasteiger partial charge >= 0.3 is 0 Å². The van der Waals surface area contributed by atoms with E-state index in [2.05, 4.69) is 9.71 Å². The lowest BCUT2D eigenvalue weighted by molar-refractivity contribution is 0.412. The van der Waals surface area contributed by atoms with Gasteiger partial charge in [-0.2, -0.15) is 0 Å². The van der Waals surface area contributed by atoms with E-state index >= 15 is 0 Å². The molecule has 16 heavy (non-hydrogen) atoms. The number of aromatic nitrogens is 1. The van der Waals surface area contributed by atoms with Crippen molar-refractivity contribution < 1.29 is 8.42 Å². The maximum Gasteiger partial charge on any atom is 0.242 e. The largest absolute Gasteiger partial charge is 0.384 e. The number of sulfonamides is 1. The first-order chi connectivity index (χ1) is 7.42. The molecule has 1 aromatic rings. The van der Waals surface area contributed by atoms with Gasteiger partial charge in [0.1, 0.15) is 10.7 Å². The normalized spacial score (nSPS) is 11.9. The van der Waals surface area contributed by atoms with E-state index in [-0.39, 0.29) is 4.90 Å². The van der Waals surface area contributed by atoms with Gasteiger partial charge in [0.2, 0.25) is 10.0 Å². The predicted octanol–water partition coefficient (Wildman–Crippen LogP) is -0.496. The Bertz CT molecular complexity index is 427. The summed E-state index contributed by atoms with van der Waals surface area (Å²) in [6.45, 7) is 1.00. The molecule has 0 aliphatic carbocycles. The maximum absolute atomic E-state index is 11.7. The Hall–Kier alpha value is -1.18. The number of hydrogen-bond acceptors (Lipinski definition) is 5. The standard InChI is InChI=1S/C9H16N4O2S/c1-13(2)6-5-12-16(14,15)8-3-4-9(10)11-7-8/h3-4,7,12H,5-6H2,1-2H3,(H2,10,11). The molecule has 0 aromatic carbocycles. The third-order valence-electron chi connectivity index (χ3n) is 1.92. The second kappa shape index (κ2) is 5.24. The zero-order valence-corrected chi connectivity index (χ0v) is 10.2. The van der Waals surface area contributed by atoms with Crippen molar-refractivity contribution in [1.82, 2.24) is 14.6 Å². The van der Waals surface area contributed by atoms with E-state index in [0.717, 1.165) is 0 Å². The third kappa shape index (κ3) is 3.76. The highest BCUT2D eigenvalue weighted by molar-refractivity contribution is 7.89. The minimum atomic E-state index is -3.47. The minimum absolute atomic E-state index is 0.125. The summed E-state index contributed by atoms with van der Waals surface area (Å²) >= 11 is 0. The molecule has 0 aliphatic rings. The van der Waals surface area contributed by atoms with Crippen LogP contribution in [0, 0.1) is 0 Å². The molecule has 0 unspecified atom stereocenters. The fourth-order valence-electron chi connectivity index (χ4n) is 1.04. The molecule has 0 bridgehead atoms. The number of nitrogens with zero attached hydrogens (tertiary/aromatic N) is 2. The number of nitrogen functional groups attached to an aromatic ring is 1. The molecule has 7 heteroatoms. The molecule has 1 rings (SSSR count). The van der Waals surface area contributed by atoms with Crippen molar-refractivity contribution in [1.29, 1.82) is 0 Å². The zero-order chi connectivity index (χ0) is 12.2. The van der Waals surface area contributed by atoms with Crippen molar-refractivity contribution in [3.8, 4) is 0 Å². The monoisotopic (exact) mass is 244 g/mol. The number of likely N-dealkylation sites (N-methyl/N-ethyl adjacent to an activating group) is 1. The van der Waals surface area contributed by atoms with Gasteiger partial charge < -0.3 is 10.6 Å². The summed E-state index contributed by atoms with van der Waals surface area (Å²) in [5.74, 6) is 0.298. The van der Waals surface area contributed by atoms with E-state index in [4.69, 9.17) is 5.73 Å². The molecule has 1 heterocycles. The van der Waals surface area contributed by atoms with Crippen molar-refractivity contribution in [2.45, 2.75) is 4.90 Å². The average molecular weight is 244 g/mol. The fraction of sp³-hybridized carbons (Fsp3) is 0.444. The molecule has 6 nitrogen and oxygen atoms in total. The van der Waals surface area contributed by atoms with Gasteiger partial charge in [-0.1, -0.05) is 0 Å². The Morgan fingerprint density at radius 2 is 2.12 bits per heavy atom. The van der Waals surface area contributed by atoms with Crippen molar-refractivity contribution in [2.24, 2.45) is 0 Å². The molecule has 0 saturated carbocycles. The summed E-state index contributed by atoms with van der Waals surface area (Å²) < 4.78 is 25.9. The Morgan fingerprint density at radius 3 is 2.62 bits per heavy atom. The maximum atomic E-state index is 11.7. The van der Waals surface area contributed by atoms with Gasteiger partial charge in [-0.05, 0) is 26.2 Å². The van der Waals surface area contributed by atoms with E-state index < -0.39 is 10.0 Å². The highest BCUT2D eigenvalue weighted by atomic mass is 32.2. The number of hydrogen-bond donors (Lipinski definition) is 2. The number of nitrogens with one attached hydrogen (secondary N) is 1. The summed E-state index contributed by atoms with van der Waals surface area (Å²) in [7, 11) is 0.281. The van der Waals surface area contributed by atoms with Gasteiger partial charge in [0.25, 0.3) is 0 Å². The molecule has 0 spiro atoms. The van der Waals surface area contributed by atoms with E-state index in [1.165, 1.54) is 18.3 Å². The van der Waals surface area contributed by atoms with Gasteiger partial charge in [-0.25, -0.2) is 18.1 Å². The van der Waals surface area contributed by atoms with Crippen molar-refractivity contribution in [3.63, 3.8) is 0 Å². The number of pyridine rings is 1. The molecule has 0 radical (unpaired) electrons. The Morgan fingerprint density at radius 1 is 1.44 bits per heavy atom. The molecular weight excluding hydrogens is 228 g/mol. The molecule has 0 aliphatic heterocycles. The van der Waals surface area contributed by atoms with E-state index in [0.29, 0.717) is 18.9 Å². The first kappa shape index (κ1) is 12.9. The van der Waals surface area contributed by atoms with Crippen LogP contribution in [0.5, 0.6) is 0 Å². The molecule has 0 saturated heterocycles. The Labute approximate surface area is 95.5 Å². The van der Waals surface area contributed by atoms with Crippen LogP contribution in [0.15, 0.2) is 23.2 Å². The van der Waals surface area contributed by atoms with Crippen LogP contribution in [-0.4, -0.2) is 45.5 Å². The Balaban J connectivity index is 2.67. The number of nitrogens with two attached hydrogens (primary N) is 1. The van der Waals surface area contributed by atoms with Gasteiger partial charge in [0.15, 0.2) is 0 Å². The quantitative estimate of drug-likeness (QED) is 0.729. The smallest absolute Gasteiger partial charge is 0.242 e. The lowest BCUT2D eigenvalue weighted by atomic mass is 10.5. The van der Waals surface area contributed by atoms with Crippen LogP contribution in [0.3, 0.4) is 0 Å². The topological polar surface area (TPSA) is 88.3 Å². The summed E-state index contributed by atoms with van der Waals surface area (Å²) in [6, 6.07) is 2.89. The van der Waals surface area contributed by atoms with Crippen LogP contribution in [0.25, 0.3) is 0 Å². The number of rotatable bonds is 5. The number of anilines is 1. The van der Waals surface area contributed by atoms with Crippen LogP contribution < -0.4 is 10.5 Å². The fourth-order valence-corrected chi connectivity index (χ4v) is 2.00. The lowest BCUT2D eigenvalue weighted by Gasteiger charge is -2.10. The first-order valence-electron chi connectivity index (χ1n) is 4.78. The van der Waals surface area contributed by atoms with Crippen LogP contribution in [0.2, 0.25) is 0 Å². The van der Waals surface area contributed by atoms with E-state index in [1.807, 2.05) is 19.0 Å². The highest BCUT2D eigenvalue weighted by Crippen LogP contribution is 2.07. The second-order valence-corrected chi connectivity index (χ2v) is 5.39. The molecular formula is C9H16N4O2S. The zero-order valence-electron chi connectivity index (χ0n) is 9.34. The molecule has 90 valence electrons. The van der Waals surface area contributed by atoms with Crippen molar-refractivity contribution in [3.05, 3.63) is 18.3 Å². The lowest BCUT2D eigenvalue weighted by Crippen LogP contribution is -2.31. The SMILES string of the molecule is CN(C)CCNS(=O)(=O)c1ccc(N)nc1. The Kier molecular flexibility index (Phi) is 4.22. The predicted molar refractivity (Wildman–Crippen MR) is 62.4 cm³/mol. The summed E-state index contributed by atoms with van der Waals surface area (Å²) in [6.07, 6.45) is 1.24. The average Bonchev–Trinajstić information content (AvgIpc) is 2.17. The molecule has 3 N–H and O–H groups in total. The van der Waals surface area contributed by atoms with Gasteiger partial charge in [-0.3, -0.25) is 0 Å². The van der Waals surface area contributed by atoms with Crippen LogP contribution in [-0.2, 0) is 10.0 Å². The van der Waals surface area contributed by atoms with Gasteiger partial charge in [-0.15, -0.1) is 0 Å². The highest BCUT2D eigenvalue weighted by Gasteiger charge is 2.13. The first-order valence-corrected chi connectivity index (χ1v) is 6.26. The summed E-state index contributed by atoms with van der Waals surface area (Å²) in [5.41, 5.74) is 5.38. The third-order valence-corrected chi connectivity index (χ3v) is 3.37.